The van der Waals surface area contributed by atoms with E-state index in [1.807, 2.05) is 0 Å². The van der Waals surface area contributed by atoms with Crippen molar-refractivity contribution < 1.29 is 9.18 Å². The monoisotopic (exact) mass is 293 g/mol. The Hall–Kier alpha value is -2.14. The molecular weight excluding hydrogens is 281 g/mol. The maximum absolute atomic E-state index is 13.1. The fourth-order valence-corrected chi connectivity index (χ4v) is 1.96. The predicted molar refractivity (Wildman–Crippen MR) is 75.9 cm³/mol. The Labute approximate surface area is 121 Å². The van der Waals surface area contributed by atoms with Gasteiger partial charge in [0.15, 0.2) is 0 Å². The third-order valence-electron chi connectivity index (χ3n) is 2.73. The quantitative estimate of drug-likeness (QED) is 0.946. The van der Waals surface area contributed by atoms with Crippen molar-refractivity contribution in [2.24, 2.45) is 0 Å². The van der Waals surface area contributed by atoms with E-state index in [9.17, 15) is 9.18 Å². The first kappa shape index (κ1) is 14.3. The van der Waals surface area contributed by atoms with Gasteiger partial charge in [-0.05, 0) is 29.8 Å². The number of pyridine rings is 1. The molecule has 0 aliphatic carbocycles. The van der Waals surface area contributed by atoms with Crippen LogP contribution in [0.25, 0.3) is 0 Å². The summed E-state index contributed by atoms with van der Waals surface area (Å²) in [5.74, 6) is -0.494. The summed E-state index contributed by atoms with van der Waals surface area (Å²) >= 11 is 5.94. The smallest absolute Gasteiger partial charge is 0.274 e. The van der Waals surface area contributed by atoms with Gasteiger partial charge in [0.1, 0.15) is 17.3 Å². The number of nitrogens with zero attached hydrogens (tertiary/aromatic N) is 2. The second-order valence-corrected chi connectivity index (χ2v) is 4.76. The van der Waals surface area contributed by atoms with E-state index < -0.39 is 0 Å². The highest BCUT2D eigenvalue weighted by Gasteiger charge is 2.17. The van der Waals surface area contributed by atoms with Gasteiger partial charge in [-0.15, -0.1) is 0 Å². The van der Waals surface area contributed by atoms with Gasteiger partial charge in [-0.1, -0.05) is 23.7 Å². The summed E-state index contributed by atoms with van der Waals surface area (Å²) in [5, 5.41) is 0.232. The molecule has 1 aromatic heterocycles. The number of nitrogen functional groups attached to an aromatic ring is 1. The van der Waals surface area contributed by atoms with E-state index >= 15 is 0 Å². The Morgan fingerprint density at radius 3 is 2.85 bits per heavy atom. The molecule has 20 heavy (non-hydrogen) atoms. The lowest BCUT2D eigenvalue weighted by atomic mass is 10.2. The first-order valence-corrected chi connectivity index (χ1v) is 6.27. The number of aromatic nitrogens is 1. The molecule has 1 heterocycles. The van der Waals surface area contributed by atoms with Crippen LogP contribution in [0.4, 0.5) is 10.2 Å². The highest BCUT2D eigenvalue weighted by molar-refractivity contribution is 6.33. The van der Waals surface area contributed by atoms with Crippen molar-refractivity contribution in [2.75, 3.05) is 12.8 Å². The van der Waals surface area contributed by atoms with E-state index in [4.69, 9.17) is 17.3 Å². The molecule has 0 radical (unpaired) electrons. The summed E-state index contributed by atoms with van der Waals surface area (Å²) < 4.78 is 13.1. The van der Waals surface area contributed by atoms with Gasteiger partial charge in [0.25, 0.3) is 5.91 Å². The lowest BCUT2D eigenvalue weighted by Gasteiger charge is -2.17. The first-order valence-electron chi connectivity index (χ1n) is 5.89. The van der Waals surface area contributed by atoms with Crippen molar-refractivity contribution in [1.29, 1.82) is 0 Å². The molecule has 2 aromatic rings. The van der Waals surface area contributed by atoms with Crippen molar-refractivity contribution in [2.45, 2.75) is 6.54 Å². The molecule has 0 saturated carbocycles. The Kier molecular flexibility index (Phi) is 4.20. The minimum absolute atomic E-state index is 0.0885. The topological polar surface area (TPSA) is 59.2 Å². The highest BCUT2D eigenvalue weighted by atomic mass is 35.5. The molecule has 0 aliphatic rings. The van der Waals surface area contributed by atoms with E-state index in [1.54, 1.807) is 19.2 Å². The van der Waals surface area contributed by atoms with Crippen LogP contribution in [0.2, 0.25) is 5.02 Å². The highest BCUT2D eigenvalue weighted by Crippen LogP contribution is 2.17. The Bertz CT molecular complexity index is 648. The summed E-state index contributed by atoms with van der Waals surface area (Å²) in [7, 11) is 1.59. The molecule has 0 aliphatic heterocycles. The lowest BCUT2D eigenvalue weighted by molar-refractivity contribution is 0.0779. The number of nitrogens with two attached hydrogens (primary N) is 1. The molecule has 6 heteroatoms. The summed E-state index contributed by atoms with van der Waals surface area (Å²) in [6, 6.07) is 9.09. The number of anilines is 1. The van der Waals surface area contributed by atoms with E-state index in [0.29, 0.717) is 5.56 Å². The lowest BCUT2D eigenvalue weighted by Crippen LogP contribution is -2.27. The Balaban J connectivity index is 2.18. The van der Waals surface area contributed by atoms with E-state index in [0.717, 1.165) is 0 Å². The minimum atomic E-state index is -0.369. The zero-order chi connectivity index (χ0) is 14.7. The number of rotatable bonds is 3. The van der Waals surface area contributed by atoms with Gasteiger partial charge in [0.2, 0.25) is 0 Å². The number of carbonyl (C=O) groups excluding carboxylic acids is 1. The third-order valence-corrected chi connectivity index (χ3v) is 3.03. The van der Waals surface area contributed by atoms with E-state index in [1.165, 1.54) is 29.2 Å². The van der Waals surface area contributed by atoms with Crippen LogP contribution >= 0.6 is 11.6 Å². The number of benzene rings is 1. The van der Waals surface area contributed by atoms with Crippen molar-refractivity contribution in [1.82, 2.24) is 9.88 Å². The Morgan fingerprint density at radius 1 is 1.40 bits per heavy atom. The molecular formula is C14H13ClFN3O. The van der Waals surface area contributed by atoms with Crippen molar-refractivity contribution in [3.8, 4) is 0 Å². The zero-order valence-corrected chi connectivity index (χ0v) is 11.6. The molecule has 104 valence electrons. The van der Waals surface area contributed by atoms with Gasteiger partial charge in [-0.2, -0.15) is 0 Å². The van der Waals surface area contributed by atoms with Crippen LogP contribution in [0.5, 0.6) is 0 Å². The third kappa shape index (κ3) is 3.24. The SMILES string of the molecule is CN(Cc1cccc(F)c1)C(=O)c1nc(N)ccc1Cl. The number of amides is 1. The van der Waals surface area contributed by atoms with Crippen molar-refractivity contribution >= 4 is 23.3 Å². The molecule has 0 spiro atoms. The molecule has 0 fully saturated rings. The van der Waals surface area contributed by atoms with Gasteiger partial charge in [-0.3, -0.25) is 4.79 Å². The molecule has 0 atom stereocenters. The first-order chi connectivity index (χ1) is 9.47. The van der Waals surface area contributed by atoms with Crippen LogP contribution in [-0.2, 0) is 6.54 Å². The molecule has 2 rings (SSSR count). The van der Waals surface area contributed by atoms with Crippen LogP contribution in [-0.4, -0.2) is 22.8 Å². The maximum atomic E-state index is 13.1. The van der Waals surface area contributed by atoms with Gasteiger partial charge >= 0.3 is 0 Å². The van der Waals surface area contributed by atoms with Crippen LogP contribution in [0.1, 0.15) is 16.1 Å². The van der Waals surface area contributed by atoms with Gasteiger partial charge in [0.05, 0.1) is 5.02 Å². The number of hydrogen-bond acceptors (Lipinski definition) is 3. The van der Waals surface area contributed by atoms with Crippen LogP contribution < -0.4 is 5.73 Å². The standard InChI is InChI=1S/C14H13ClFN3O/c1-19(8-9-3-2-4-10(16)7-9)14(20)13-11(15)5-6-12(17)18-13/h2-7H,8H2,1H3,(H2,17,18). The number of halogens is 2. The predicted octanol–water partition coefficient (Wildman–Crippen LogP) is 2.73. The van der Waals surface area contributed by atoms with Crippen LogP contribution in [0, 0.1) is 5.82 Å². The summed E-state index contributed by atoms with van der Waals surface area (Å²) in [6.07, 6.45) is 0. The fourth-order valence-electron chi connectivity index (χ4n) is 1.77. The normalized spacial score (nSPS) is 10.3. The van der Waals surface area contributed by atoms with Crippen LogP contribution in [0.15, 0.2) is 36.4 Å². The summed E-state index contributed by atoms with van der Waals surface area (Å²) in [6.45, 7) is 0.253. The van der Waals surface area contributed by atoms with Gasteiger partial charge in [-0.25, -0.2) is 9.37 Å². The molecule has 2 N–H and O–H groups in total. The number of hydrogen-bond donors (Lipinski definition) is 1. The zero-order valence-electron chi connectivity index (χ0n) is 10.8. The van der Waals surface area contributed by atoms with Crippen LogP contribution in [0.3, 0.4) is 0 Å². The fraction of sp³-hybridized carbons (Fsp3) is 0.143. The van der Waals surface area contributed by atoms with Gasteiger partial charge < -0.3 is 10.6 Å². The van der Waals surface area contributed by atoms with E-state index in [2.05, 4.69) is 4.98 Å². The molecule has 1 aromatic carbocycles. The molecule has 0 unspecified atom stereocenters. The second-order valence-electron chi connectivity index (χ2n) is 4.36. The maximum Gasteiger partial charge on any atom is 0.274 e. The second kappa shape index (κ2) is 5.88. The summed E-state index contributed by atoms with van der Waals surface area (Å²) in [4.78, 5) is 17.6. The van der Waals surface area contributed by atoms with E-state index in [-0.39, 0.29) is 34.8 Å². The largest absolute Gasteiger partial charge is 0.384 e. The van der Waals surface area contributed by atoms with Gasteiger partial charge in [0, 0.05) is 13.6 Å². The average Bonchev–Trinajstić information content (AvgIpc) is 2.40. The Morgan fingerprint density at radius 2 is 2.15 bits per heavy atom. The van der Waals surface area contributed by atoms with Crippen molar-refractivity contribution in [3.63, 3.8) is 0 Å². The molecule has 0 saturated heterocycles. The minimum Gasteiger partial charge on any atom is -0.384 e. The number of carbonyl (C=O) groups is 1. The van der Waals surface area contributed by atoms with Crippen molar-refractivity contribution in [3.05, 3.63) is 58.5 Å². The molecule has 4 nitrogen and oxygen atoms in total. The molecule has 0 bridgehead atoms. The summed E-state index contributed by atoms with van der Waals surface area (Å²) in [5.41, 5.74) is 6.32. The average molecular weight is 294 g/mol. The molecule has 1 amide bonds.